The van der Waals surface area contributed by atoms with Crippen LogP contribution in [0.15, 0.2) is 57.5 Å². The van der Waals surface area contributed by atoms with Crippen molar-refractivity contribution in [2.45, 2.75) is 37.0 Å². The zero-order chi connectivity index (χ0) is 32.1. The topological polar surface area (TPSA) is 72.3 Å². The molecule has 0 spiro atoms. The van der Waals surface area contributed by atoms with Gasteiger partial charge in [0.1, 0.15) is 0 Å². The van der Waals surface area contributed by atoms with Gasteiger partial charge in [-0.25, -0.2) is 0 Å². The number of fused-ring (bicyclic) bond motifs is 6. The Morgan fingerprint density at radius 3 is 1.84 bits per heavy atom. The summed E-state index contributed by atoms with van der Waals surface area (Å²) in [5, 5.41) is 18.5. The third kappa shape index (κ3) is 4.38. The summed E-state index contributed by atoms with van der Waals surface area (Å²) in [6.07, 6.45) is -18.5. The third-order valence-electron chi connectivity index (χ3n) is 7.63. The van der Waals surface area contributed by atoms with Gasteiger partial charge in [0, 0.05) is 39.2 Å². The molecule has 16 heteroatoms. The zero-order valence-corrected chi connectivity index (χ0v) is 20.9. The lowest BCUT2D eigenvalue weighted by molar-refractivity contribution is -0.142. The standard InChI is InChI=1S/C27H10F12N4/c1-23-16-7-13-12(20-15(21(13)42-8-40)2-10(24(28,29)30)3-17(20)26(34,35)36)6-14(16)22(43-9-41)18(23)4-11(25(31,32)33)5-19(23)27(37,38)39/h2-7,18H,1H3. The van der Waals surface area contributed by atoms with E-state index in [9.17, 15) is 63.2 Å². The fourth-order valence-corrected chi connectivity index (χ4v) is 5.90. The molecule has 5 rings (SSSR count). The number of halogens is 12. The van der Waals surface area contributed by atoms with Crippen molar-refractivity contribution in [1.82, 2.24) is 0 Å². The van der Waals surface area contributed by atoms with Gasteiger partial charge in [0.25, 0.3) is 0 Å². The Balaban J connectivity index is 1.92. The molecule has 0 fully saturated rings. The van der Waals surface area contributed by atoms with Gasteiger partial charge < -0.3 is 0 Å². The van der Waals surface area contributed by atoms with E-state index in [4.69, 9.17) is 0 Å². The molecule has 0 radical (unpaired) electrons. The van der Waals surface area contributed by atoms with Gasteiger partial charge in [-0.2, -0.15) is 73.2 Å². The summed E-state index contributed by atoms with van der Waals surface area (Å²) >= 11 is 0. The summed E-state index contributed by atoms with van der Waals surface area (Å²) in [6.45, 7) is 0.901. The van der Waals surface area contributed by atoms with Crippen molar-refractivity contribution in [2.75, 3.05) is 0 Å². The first-order chi connectivity index (χ1) is 19.7. The predicted octanol–water partition coefficient (Wildman–Crippen LogP) is 8.17. The third-order valence-corrected chi connectivity index (χ3v) is 7.63. The molecule has 0 saturated heterocycles. The molecule has 0 aliphatic heterocycles. The predicted molar refractivity (Wildman–Crippen MR) is 124 cm³/mol. The van der Waals surface area contributed by atoms with Crippen molar-refractivity contribution in [1.29, 1.82) is 10.5 Å². The van der Waals surface area contributed by atoms with Crippen LogP contribution in [0, 0.1) is 28.8 Å². The number of nitriles is 2. The molecule has 43 heavy (non-hydrogen) atoms. The van der Waals surface area contributed by atoms with Crippen LogP contribution in [0.5, 0.6) is 0 Å². The maximum absolute atomic E-state index is 14.4. The lowest BCUT2D eigenvalue weighted by Crippen LogP contribution is -2.41. The number of alkyl halides is 12. The average molecular weight is 618 g/mol. The first kappa shape index (κ1) is 29.9. The van der Waals surface area contributed by atoms with Crippen molar-refractivity contribution in [3.05, 3.63) is 80.9 Å². The minimum Gasteiger partial charge on any atom is -0.177 e. The van der Waals surface area contributed by atoms with E-state index < -0.39 is 103 Å². The number of aliphatic imine (C=N–C) groups is 2. The molecule has 2 unspecified atom stereocenters. The summed E-state index contributed by atoms with van der Waals surface area (Å²) in [6, 6.07) is 1.79. The van der Waals surface area contributed by atoms with Gasteiger partial charge in [0.15, 0.2) is 0 Å². The van der Waals surface area contributed by atoms with E-state index in [1.807, 2.05) is 0 Å². The van der Waals surface area contributed by atoms with Crippen LogP contribution in [0.4, 0.5) is 52.7 Å². The van der Waals surface area contributed by atoms with E-state index in [1.54, 1.807) is 0 Å². The molecule has 0 bridgehead atoms. The minimum atomic E-state index is -5.41. The van der Waals surface area contributed by atoms with Crippen LogP contribution >= 0.6 is 0 Å². The van der Waals surface area contributed by atoms with Gasteiger partial charge in [0.2, 0.25) is 12.4 Å². The Bertz CT molecular complexity index is 1800. The van der Waals surface area contributed by atoms with Crippen LogP contribution < -0.4 is 0 Å². The van der Waals surface area contributed by atoms with Gasteiger partial charge in [-0.15, -0.1) is 0 Å². The van der Waals surface area contributed by atoms with Gasteiger partial charge >= 0.3 is 24.7 Å². The van der Waals surface area contributed by atoms with Crippen molar-refractivity contribution in [2.24, 2.45) is 15.9 Å². The summed E-state index contributed by atoms with van der Waals surface area (Å²) in [4.78, 5) is 6.82. The van der Waals surface area contributed by atoms with Crippen LogP contribution in [0.2, 0.25) is 0 Å². The highest BCUT2D eigenvalue weighted by Gasteiger charge is 2.59. The minimum absolute atomic E-state index is 0.126. The van der Waals surface area contributed by atoms with Gasteiger partial charge in [0.05, 0.1) is 28.1 Å². The maximum Gasteiger partial charge on any atom is 0.417 e. The van der Waals surface area contributed by atoms with E-state index in [1.165, 1.54) is 12.4 Å². The van der Waals surface area contributed by atoms with Crippen molar-refractivity contribution >= 4 is 11.4 Å². The van der Waals surface area contributed by atoms with Crippen LogP contribution in [0.1, 0.15) is 40.3 Å². The summed E-state index contributed by atoms with van der Waals surface area (Å²) in [5.41, 5.74) is -14.3. The maximum atomic E-state index is 14.4. The molecule has 0 N–H and O–H groups in total. The summed E-state index contributed by atoms with van der Waals surface area (Å²) < 4.78 is 167. The lowest BCUT2D eigenvalue weighted by Gasteiger charge is -2.38. The average Bonchev–Trinajstić information content (AvgIpc) is 3.29. The molecule has 0 heterocycles. The quantitative estimate of drug-likeness (QED) is 0.188. The Hall–Kier alpha value is -4.60. The molecule has 0 amide bonds. The second-order valence-electron chi connectivity index (χ2n) is 9.90. The van der Waals surface area contributed by atoms with Crippen molar-refractivity contribution in [3.63, 3.8) is 0 Å². The molecule has 3 aliphatic rings. The normalized spacial score (nSPS) is 23.2. The number of allylic oxidation sites excluding steroid dienone is 4. The second-order valence-corrected chi connectivity index (χ2v) is 9.90. The van der Waals surface area contributed by atoms with Gasteiger partial charge in [-0.3, -0.25) is 0 Å². The van der Waals surface area contributed by atoms with Crippen molar-refractivity contribution < 1.29 is 52.7 Å². The van der Waals surface area contributed by atoms with Crippen LogP contribution in [-0.4, -0.2) is 23.8 Å². The largest absolute Gasteiger partial charge is 0.417 e. The number of nitrogens with zero attached hydrogens (tertiary/aromatic N) is 4. The number of rotatable bonds is 0. The zero-order valence-electron chi connectivity index (χ0n) is 20.9. The van der Waals surface area contributed by atoms with E-state index in [-0.39, 0.29) is 12.1 Å². The molecule has 4 nitrogen and oxygen atoms in total. The molecule has 0 aromatic heterocycles. The number of hydrogen-bond donors (Lipinski definition) is 0. The van der Waals surface area contributed by atoms with Crippen molar-refractivity contribution in [3.8, 4) is 23.5 Å². The van der Waals surface area contributed by atoms with E-state index in [0.717, 1.165) is 19.1 Å². The summed E-state index contributed by atoms with van der Waals surface area (Å²) in [5.74, 6) is -1.88. The first-order valence-electron chi connectivity index (χ1n) is 11.7. The molecule has 2 aromatic rings. The number of benzene rings is 2. The van der Waals surface area contributed by atoms with Gasteiger partial charge in [-0.05, 0) is 41.5 Å². The van der Waals surface area contributed by atoms with E-state index in [0.29, 0.717) is 12.1 Å². The van der Waals surface area contributed by atoms with Crippen LogP contribution in [0.25, 0.3) is 11.1 Å². The Morgan fingerprint density at radius 1 is 0.698 bits per heavy atom. The Morgan fingerprint density at radius 2 is 1.33 bits per heavy atom. The monoisotopic (exact) mass is 618 g/mol. The molecular formula is C27H10F12N4. The summed E-state index contributed by atoms with van der Waals surface area (Å²) in [7, 11) is 0. The highest BCUT2D eigenvalue weighted by molar-refractivity contribution is 6.26. The van der Waals surface area contributed by atoms with Crippen LogP contribution in [0.3, 0.4) is 0 Å². The lowest BCUT2D eigenvalue weighted by atomic mass is 9.66. The SMILES string of the molecule is CC12C(C(F)(F)F)=CC(C(F)(F)F)=CC1C(=NC#N)c1cc3c(cc12)C(=NC#N)c1cc(C(F)(F)F)cc(C(F)(F)F)c1-3. The fourth-order valence-electron chi connectivity index (χ4n) is 5.90. The van der Waals surface area contributed by atoms with E-state index in [2.05, 4.69) is 9.98 Å². The van der Waals surface area contributed by atoms with Crippen LogP contribution in [-0.2, 0) is 17.8 Å². The molecule has 222 valence electrons. The number of hydrogen-bond acceptors (Lipinski definition) is 4. The second kappa shape index (κ2) is 8.95. The molecule has 3 aliphatic carbocycles. The van der Waals surface area contributed by atoms with E-state index >= 15 is 0 Å². The highest BCUT2D eigenvalue weighted by atomic mass is 19.4. The molecule has 0 saturated carbocycles. The smallest absolute Gasteiger partial charge is 0.177 e. The molecule has 2 aromatic carbocycles. The van der Waals surface area contributed by atoms with Gasteiger partial charge in [-0.1, -0.05) is 13.0 Å². The Kier molecular flexibility index (Phi) is 6.22. The molecule has 2 atom stereocenters. The molecular weight excluding hydrogens is 608 g/mol. The highest BCUT2D eigenvalue weighted by Crippen LogP contribution is 2.59. The fraction of sp³-hybridized carbons (Fsp3) is 0.259. The Labute approximate surface area is 232 Å². The first-order valence-corrected chi connectivity index (χ1v) is 11.7.